The Morgan fingerprint density at radius 2 is 2.07 bits per heavy atom. The first-order valence-corrected chi connectivity index (χ1v) is 9.15. The molecule has 0 saturated carbocycles. The maximum atomic E-state index is 13.9. The summed E-state index contributed by atoms with van der Waals surface area (Å²) in [4.78, 5) is 18.6. The lowest BCUT2D eigenvalue weighted by Crippen LogP contribution is -2.24. The van der Waals surface area contributed by atoms with Crippen molar-refractivity contribution in [3.05, 3.63) is 59.7 Å². The molecule has 1 fully saturated rings. The van der Waals surface area contributed by atoms with E-state index >= 15 is 0 Å². The van der Waals surface area contributed by atoms with Crippen LogP contribution in [0.2, 0.25) is 0 Å². The SMILES string of the molecule is COc1cccc(CN2CC(c3nc(-c4ccc(OC)c(F)c4)no3)CC2=O)c1. The maximum Gasteiger partial charge on any atom is 0.232 e. The van der Waals surface area contributed by atoms with Crippen molar-refractivity contribution < 1.29 is 23.2 Å². The number of hydrogen-bond acceptors (Lipinski definition) is 6. The number of halogens is 1. The van der Waals surface area contributed by atoms with Gasteiger partial charge in [-0.25, -0.2) is 4.39 Å². The van der Waals surface area contributed by atoms with Crippen molar-refractivity contribution in [3.63, 3.8) is 0 Å². The highest BCUT2D eigenvalue weighted by Gasteiger charge is 2.34. The van der Waals surface area contributed by atoms with Crippen molar-refractivity contribution in [1.82, 2.24) is 15.0 Å². The molecule has 0 N–H and O–H groups in total. The minimum atomic E-state index is -0.503. The lowest BCUT2D eigenvalue weighted by Gasteiger charge is -2.16. The summed E-state index contributed by atoms with van der Waals surface area (Å²) in [6.45, 7) is 0.964. The largest absolute Gasteiger partial charge is 0.497 e. The van der Waals surface area contributed by atoms with Gasteiger partial charge in [0.2, 0.25) is 17.6 Å². The van der Waals surface area contributed by atoms with Crippen LogP contribution in [-0.4, -0.2) is 41.7 Å². The molecule has 3 aromatic rings. The van der Waals surface area contributed by atoms with E-state index in [2.05, 4.69) is 10.1 Å². The monoisotopic (exact) mass is 397 g/mol. The summed E-state index contributed by atoms with van der Waals surface area (Å²) in [5.41, 5.74) is 1.47. The molecule has 7 nitrogen and oxygen atoms in total. The van der Waals surface area contributed by atoms with Crippen LogP contribution in [-0.2, 0) is 11.3 Å². The third-order valence-corrected chi connectivity index (χ3v) is 4.92. The predicted octanol–water partition coefficient (Wildman–Crippen LogP) is 3.41. The van der Waals surface area contributed by atoms with E-state index in [1.54, 1.807) is 18.1 Å². The number of hydrogen-bond donors (Lipinski definition) is 0. The Kier molecular flexibility index (Phi) is 5.16. The topological polar surface area (TPSA) is 77.7 Å². The molecule has 1 amide bonds. The van der Waals surface area contributed by atoms with Gasteiger partial charge in [0, 0.05) is 25.1 Å². The summed E-state index contributed by atoms with van der Waals surface area (Å²) in [5, 5.41) is 3.94. The molecule has 1 aromatic heterocycles. The summed E-state index contributed by atoms with van der Waals surface area (Å²) in [6.07, 6.45) is 0.294. The molecule has 1 saturated heterocycles. The predicted molar refractivity (Wildman–Crippen MR) is 102 cm³/mol. The molecule has 0 radical (unpaired) electrons. The molecule has 8 heteroatoms. The summed E-state index contributed by atoms with van der Waals surface area (Å²) in [6, 6.07) is 12.1. The van der Waals surface area contributed by atoms with E-state index in [1.165, 1.54) is 19.2 Å². The van der Waals surface area contributed by atoms with Gasteiger partial charge in [-0.2, -0.15) is 4.98 Å². The Morgan fingerprint density at radius 1 is 1.21 bits per heavy atom. The molecular weight excluding hydrogens is 377 g/mol. The number of carbonyl (C=O) groups excluding carboxylic acids is 1. The Bertz CT molecular complexity index is 1040. The minimum absolute atomic E-state index is 0.0214. The molecule has 1 unspecified atom stereocenters. The molecule has 1 atom stereocenters. The molecular formula is C21H20FN3O4. The molecule has 1 aliphatic rings. The summed E-state index contributed by atoms with van der Waals surface area (Å²) < 4.78 is 29.5. The average molecular weight is 397 g/mol. The Hall–Kier alpha value is -3.42. The fraction of sp³-hybridized carbons (Fsp3) is 0.286. The van der Waals surface area contributed by atoms with E-state index in [9.17, 15) is 9.18 Å². The van der Waals surface area contributed by atoms with Gasteiger partial charge < -0.3 is 18.9 Å². The van der Waals surface area contributed by atoms with E-state index in [0.29, 0.717) is 31.0 Å². The molecule has 0 aliphatic carbocycles. The van der Waals surface area contributed by atoms with Gasteiger partial charge in [-0.15, -0.1) is 0 Å². The van der Waals surface area contributed by atoms with Gasteiger partial charge in [0.1, 0.15) is 5.75 Å². The number of amides is 1. The zero-order chi connectivity index (χ0) is 20.4. The van der Waals surface area contributed by atoms with Crippen LogP contribution in [0.1, 0.15) is 23.8 Å². The quantitative estimate of drug-likeness (QED) is 0.634. The highest BCUT2D eigenvalue weighted by Crippen LogP contribution is 2.31. The number of rotatable bonds is 6. The molecule has 0 bridgehead atoms. The van der Waals surface area contributed by atoms with E-state index in [4.69, 9.17) is 14.0 Å². The van der Waals surface area contributed by atoms with Crippen LogP contribution in [0.4, 0.5) is 4.39 Å². The first-order valence-electron chi connectivity index (χ1n) is 9.15. The van der Waals surface area contributed by atoms with Crippen LogP contribution < -0.4 is 9.47 Å². The summed E-state index contributed by atoms with van der Waals surface area (Å²) in [7, 11) is 3.01. The van der Waals surface area contributed by atoms with Crippen molar-refractivity contribution in [2.45, 2.75) is 18.9 Å². The zero-order valence-electron chi connectivity index (χ0n) is 16.1. The minimum Gasteiger partial charge on any atom is -0.497 e. The second-order valence-corrected chi connectivity index (χ2v) is 6.83. The number of ether oxygens (including phenoxy) is 2. The fourth-order valence-corrected chi connectivity index (χ4v) is 3.41. The van der Waals surface area contributed by atoms with E-state index in [0.717, 1.165) is 11.3 Å². The summed E-state index contributed by atoms with van der Waals surface area (Å²) >= 11 is 0. The van der Waals surface area contributed by atoms with Crippen LogP contribution in [0.25, 0.3) is 11.4 Å². The molecule has 1 aliphatic heterocycles. The van der Waals surface area contributed by atoms with Crippen LogP contribution in [0.5, 0.6) is 11.5 Å². The second kappa shape index (κ2) is 7.90. The smallest absolute Gasteiger partial charge is 0.232 e. The molecule has 150 valence electrons. The number of methoxy groups -OCH3 is 2. The lowest BCUT2D eigenvalue weighted by atomic mass is 10.1. The van der Waals surface area contributed by atoms with Crippen molar-refractivity contribution in [1.29, 1.82) is 0 Å². The fourth-order valence-electron chi connectivity index (χ4n) is 3.41. The van der Waals surface area contributed by atoms with Crippen LogP contribution in [0, 0.1) is 5.82 Å². The third-order valence-electron chi connectivity index (χ3n) is 4.92. The van der Waals surface area contributed by atoms with Gasteiger partial charge in [0.15, 0.2) is 11.6 Å². The summed E-state index contributed by atoms with van der Waals surface area (Å²) in [5.74, 6) is 0.867. The van der Waals surface area contributed by atoms with Crippen LogP contribution in [0.15, 0.2) is 47.0 Å². The molecule has 2 aromatic carbocycles. The van der Waals surface area contributed by atoms with E-state index in [1.807, 2.05) is 24.3 Å². The Labute approximate surface area is 167 Å². The van der Waals surface area contributed by atoms with Gasteiger partial charge in [-0.1, -0.05) is 17.3 Å². The number of nitrogens with zero attached hydrogens (tertiary/aromatic N) is 3. The normalized spacial score (nSPS) is 16.3. The van der Waals surface area contributed by atoms with E-state index < -0.39 is 5.82 Å². The Morgan fingerprint density at radius 3 is 2.83 bits per heavy atom. The zero-order valence-corrected chi connectivity index (χ0v) is 16.1. The van der Waals surface area contributed by atoms with Gasteiger partial charge in [-0.05, 0) is 35.9 Å². The molecule has 4 rings (SSSR count). The van der Waals surface area contributed by atoms with Gasteiger partial charge in [0.25, 0.3) is 0 Å². The second-order valence-electron chi connectivity index (χ2n) is 6.83. The number of aromatic nitrogens is 2. The standard InChI is InChI=1S/C21H20FN3O4/c1-27-16-5-3-4-13(8-16)11-25-12-15(10-19(25)26)21-23-20(24-29-21)14-6-7-18(28-2)17(22)9-14/h3-9,15H,10-12H2,1-2H3. The molecule has 0 spiro atoms. The highest BCUT2D eigenvalue weighted by atomic mass is 19.1. The highest BCUT2D eigenvalue weighted by molar-refractivity contribution is 5.79. The van der Waals surface area contributed by atoms with Crippen LogP contribution >= 0.6 is 0 Å². The van der Waals surface area contributed by atoms with Crippen molar-refractivity contribution in [2.75, 3.05) is 20.8 Å². The van der Waals surface area contributed by atoms with Crippen molar-refractivity contribution in [2.24, 2.45) is 0 Å². The lowest BCUT2D eigenvalue weighted by molar-refractivity contribution is -0.128. The van der Waals surface area contributed by atoms with Crippen LogP contribution in [0.3, 0.4) is 0 Å². The first-order chi connectivity index (χ1) is 14.1. The third kappa shape index (κ3) is 3.91. The van der Waals surface area contributed by atoms with Gasteiger partial charge >= 0.3 is 0 Å². The molecule has 2 heterocycles. The maximum absolute atomic E-state index is 13.9. The van der Waals surface area contributed by atoms with Crippen molar-refractivity contribution >= 4 is 5.91 Å². The average Bonchev–Trinajstić information content (AvgIpc) is 3.35. The van der Waals surface area contributed by atoms with Crippen molar-refractivity contribution in [3.8, 4) is 22.9 Å². The first kappa shape index (κ1) is 18.9. The number of likely N-dealkylation sites (tertiary alicyclic amines) is 1. The van der Waals surface area contributed by atoms with Gasteiger partial charge in [0.05, 0.1) is 20.1 Å². The van der Waals surface area contributed by atoms with E-state index in [-0.39, 0.29) is 23.4 Å². The molecule has 29 heavy (non-hydrogen) atoms. The number of benzene rings is 2. The number of carbonyl (C=O) groups is 1. The Balaban J connectivity index is 1.47. The van der Waals surface area contributed by atoms with Gasteiger partial charge in [-0.3, -0.25) is 4.79 Å².